The van der Waals surface area contributed by atoms with Gasteiger partial charge in [0.25, 0.3) is 17.0 Å². The predicted molar refractivity (Wildman–Crippen MR) is 177 cm³/mol. The van der Waals surface area contributed by atoms with Crippen LogP contribution in [-0.4, -0.2) is 66.8 Å². The van der Waals surface area contributed by atoms with Crippen LogP contribution >= 0.6 is 0 Å². The number of halogens is 1. The summed E-state index contributed by atoms with van der Waals surface area (Å²) in [5, 5.41) is 22.6. The first-order valence-corrected chi connectivity index (χ1v) is 15.5. The molecule has 246 valence electrons. The van der Waals surface area contributed by atoms with Gasteiger partial charge in [-0.05, 0) is 47.4 Å². The highest BCUT2D eigenvalue weighted by Crippen LogP contribution is 2.38. The second-order valence-electron chi connectivity index (χ2n) is 13.6. The number of benzene rings is 2. The van der Waals surface area contributed by atoms with Crippen LogP contribution in [0.3, 0.4) is 0 Å². The first-order chi connectivity index (χ1) is 22.9. The number of aromatic nitrogens is 5. The summed E-state index contributed by atoms with van der Waals surface area (Å²) < 4.78 is 22.8. The van der Waals surface area contributed by atoms with Crippen LogP contribution in [0.5, 0.6) is 0 Å². The molecular formula is C35H34FN7O5. The molecule has 48 heavy (non-hydrogen) atoms. The van der Waals surface area contributed by atoms with Crippen molar-refractivity contribution in [3.8, 4) is 16.9 Å². The number of hydrogen-bond acceptors (Lipinski definition) is 9. The van der Waals surface area contributed by atoms with Crippen molar-refractivity contribution in [1.82, 2.24) is 29.4 Å². The standard InChI is InChI=1S/C35H34FN7O5/c1-34(2,3)22-10-21-14-38-43(33(47)30(21)25(36)11-22)28-7-5-6-23(24(28)15-44)26-12-27(32(46)41(4)40-26)39-29-9-8-20(13-37-29)31(45)42-16-35(17-42)18-48-19-35/h5-14,44H,15-19H2,1-4H3,(H,37,39). The number of amides is 1. The Labute approximate surface area is 274 Å². The number of aryl methyl sites for hydroxylation is 1. The minimum Gasteiger partial charge on any atom is -0.392 e. The van der Waals surface area contributed by atoms with E-state index in [9.17, 15) is 19.5 Å². The molecule has 0 aliphatic carbocycles. The van der Waals surface area contributed by atoms with Crippen molar-refractivity contribution in [3.05, 3.63) is 104 Å². The lowest BCUT2D eigenvalue weighted by Crippen LogP contribution is -2.67. The van der Waals surface area contributed by atoms with Crippen LogP contribution in [0.15, 0.2) is 70.5 Å². The molecule has 1 spiro atoms. The summed E-state index contributed by atoms with van der Waals surface area (Å²) in [6, 6.07) is 12.9. The molecule has 2 aliphatic rings. The van der Waals surface area contributed by atoms with Crippen molar-refractivity contribution in [2.24, 2.45) is 12.5 Å². The highest BCUT2D eigenvalue weighted by molar-refractivity contribution is 5.95. The van der Waals surface area contributed by atoms with E-state index >= 15 is 4.39 Å². The number of likely N-dealkylation sites (tertiary alicyclic amines) is 1. The van der Waals surface area contributed by atoms with Gasteiger partial charge in [-0.3, -0.25) is 14.4 Å². The van der Waals surface area contributed by atoms with Crippen LogP contribution in [-0.2, 0) is 23.8 Å². The van der Waals surface area contributed by atoms with Crippen molar-refractivity contribution >= 4 is 28.2 Å². The number of pyridine rings is 1. The van der Waals surface area contributed by atoms with E-state index in [0.29, 0.717) is 59.9 Å². The van der Waals surface area contributed by atoms with E-state index in [0.717, 1.165) is 14.9 Å². The van der Waals surface area contributed by atoms with Gasteiger partial charge in [0.1, 0.15) is 17.3 Å². The van der Waals surface area contributed by atoms with Gasteiger partial charge in [0, 0.05) is 42.8 Å². The van der Waals surface area contributed by atoms with Gasteiger partial charge in [0.15, 0.2) is 0 Å². The molecule has 2 fully saturated rings. The Bertz CT molecular complexity index is 2210. The Morgan fingerprint density at radius 2 is 1.83 bits per heavy atom. The maximum atomic E-state index is 15.4. The second-order valence-corrected chi connectivity index (χ2v) is 13.6. The molecule has 2 saturated heterocycles. The van der Waals surface area contributed by atoms with Crippen LogP contribution in [0.1, 0.15) is 42.3 Å². The smallest absolute Gasteiger partial charge is 0.290 e. The minimum atomic E-state index is -0.674. The Kier molecular flexibility index (Phi) is 7.48. The fourth-order valence-electron chi connectivity index (χ4n) is 6.24. The summed E-state index contributed by atoms with van der Waals surface area (Å²) in [6.07, 6.45) is 2.90. The van der Waals surface area contributed by atoms with E-state index in [1.165, 1.54) is 31.6 Å². The van der Waals surface area contributed by atoms with E-state index in [1.807, 2.05) is 20.8 Å². The fourth-order valence-corrected chi connectivity index (χ4v) is 6.24. The third-order valence-electron chi connectivity index (χ3n) is 9.01. The van der Waals surface area contributed by atoms with Crippen molar-refractivity contribution < 1.29 is 19.0 Å². The summed E-state index contributed by atoms with van der Waals surface area (Å²) >= 11 is 0. The Morgan fingerprint density at radius 1 is 1.06 bits per heavy atom. The molecule has 0 radical (unpaired) electrons. The van der Waals surface area contributed by atoms with Gasteiger partial charge < -0.3 is 20.1 Å². The third kappa shape index (κ3) is 5.34. The van der Waals surface area contributed by atoms with Gasteiger partial charge in [-0.15, -0.1) is 0 Å². The quantitative estimate of drug-likeness (QED) is 0.281. The molecule has 0 atom stereocenters. The number of fused-ring (bicyclic) bond motifs is 1. The Hall–Kier alpha value is -5.27. The zero-order valence-corrected chi connectivity index (χ0v) is 27.0. The minimum absolute atomic E-state index is 0.107. The number of carbonyl (C=O) groups is 1. The first kappa shape index (κ1) is 31.3. The third-order valence-corrected chi connectivity index (χ3v) is 9.01. The second kappa shape index (κ2) is 11.5. The molecule has 3 aromatic heterocycles. The lowest BCUT2D eigenvalue weighted by Gasteiger charge is -2.54. The average Bonchev–Trinajstić information content (AvgIpc) is 3.01. The number of ether oxygens (including phenoxy) is 1. The number of rotatable bonds is 6. The van der Waals surface area contributed by atoms with Crippen LogP contribution in [0.4, 0.5) is 15.9 Å². The number of hydrogen-bond donors (Lipinski definition) is 2. The van der Waals surface area contributed by atoms with Crippen molar-refractivity contribution in [1.29, 1.82) is 0 Å². The van der Waals surface area contributed by atoms with Crippen molar-refractivity contribution in [2.45, 2.75) is 32.8 Å². The van der Waals surface area contributed by atoms with Crippen molar-refractivity contribution in [2.75, 3.05) is 31.6 Å². The summed E-state index contributed by atoms with van der Waals surface area (Å²) in [6.45, 7) is 8.07. The average molecular weight is 652 g/mol. The number of aliphatic hydroxyl groups excluding tert-OH is 1. The van der Waals surface area contributed by atoms with Crippen LogP contribution in [0.2, 0.25) is 0 Å². The van der Waals surface area contributed by atoms with E-state index in [4.69, 9.17) is 4.74 Å². The molecule has 1 amide bonds. The number of carbonyl (C=O) groups excluding carboxylic acids is 1. The van der Waals surface area contributed by atoms with E-state index in [2.05, 4.69) is 20.5 Å². The van der Waals surface area contributed by atoms with E-state index in [1.54, 1.807) is 41.3 Å². The zero-order valence-electron chi connectivity index (χ0n) is 27.0. The van der Waals surface area contributed by atoms with Gasteiger partial charge in [-0.2, -0.15) is 14.9 Å². The Balaban J connectivity index is 1.20. The number of aliphatic hydroxyl groups is 1. The molecule has 7 rings (SSSR count). The van der Waals surface area contributed by atoms with Gasteiger partial charge in [0.2, 0.25) is 0 Å². The zero-order chi connectivity index (χ0) is 34.0. The van der Waals surface area contributed by atoms with E-state index in [-0.39, 0.29) is 33.5 Å². The molecule has 2 aromatic carbocycles. The number of nitrogens with one attached hydrogen (secondary N) is 1. The summed E-state index contributed by atoms with van der Waals surface area (Å²) in [4.78, 5) is 45.7. The highest BCUT2D eigenvalue weighted by atomic mass is 19.1. The summed E-state index contributed by atoms with van der Waals surface area (Å²) in [5.74, 6) is -0.421. The maximum Gasteiger partial charge on any atom is 0.290 e. The lowest BCUT2D eigenvalue weighted by molar-refractivity contribution is -0.176. The van der Waals surface area contributed by atoms with Crippen LogP contribution in [0.25, 0.3) is 27.7 Å². The lowest BCUT2D eigenvalue weighted by atomic mass is 9.78. The fraction of sp³-hybridized carbons (Fsp3) is 0.314. The Morgan fingerprint density at radius 3 is 2.48 bits per heavy atom. The molecule has 5 aromatic rings. The molecule has 0 unspecified atom stereocenters. The summed E-state index contributed by atoms with van der Waals surface area (Å²) in [7, 11) is 1.49. The van der Waals surface area contributed by atoms with Crippen molar-refractivity contribution in [3.63, 3.8) is 0 Å². The topological polar surface area (TPSA) is 144 Å². The molecule has 2 aliphatic heterocycles. The highest BCUT2D eigenvalue weighted by Gasteiger charge is 2.50. The first-order valence-electron chi connectivity index (χ1n) is 15.5. The molecule has 0 bridgehead atoms. The maximum absolute atomic E-state index is 15.4. The largest absolute Gasteiger partial charge is 0.392 e. The summed E-state index contributed by atoms with van der Waals surface area (Å²) in [5.41, 5.74) is 1.28. The normalized spacial score (nSPS) is 15.3. The van der Waals surface area contributed by atoms with Gasteiger partial charge in [-0.1, -0.05) is 32.9 Å². The monoisotopic (exact) mass is 651 g/mol. The molecular weight excluding hydrogens is 617 g/mol. The number of anilines is 2. The van der Waals surface area contributed by atoms with Gasteiger partial charge in [-0.25, -0.2) is 14.1 Å². The molecule has 12 nitrogen and oxygen atoms in total. The predicted octanol–water partition coefficient (Wildman–Crippen LogP) is 3.69. The van der Waals surface area contributed by atoms with Gasteiger partial charge in [0.05, 0.1) is 53.8 Å². The molecule has 2 N–H and O–H groups in total. The van der Waals surface area contributed by atoms with Crippen LogP contribution in [0, 0.1) is 11.2 Å². The van der Waals surface area contributed by atoms with E-state index < -0.39 is 23.5 Å². The van der Waals surface area contributed by atoms with Crippen LogP contribution < -0.4 is 16.4 Å². The molecule has 5 heterocycles. The number of nitrogens with zero attached hydrogens (tertiary/aromatic N) is 6. The van der Waals surface area contributed by atoms with Gasteiger partial charge >= 0.3 is 0 Å². The molecule has 13 heteroatoms. The molecule has 0 saturated carbocycles. The SMILES string of the molecule is Cn1nc(-c2cccc(-n3ncc4cc(C(C)(C)C)cc(F)c4c3=O)c2CO)cc(Nc2ccc(C(=O)N3CC4(COC4)C3)cn2)c1=O.